The fraction of sp³-hybridized carbons (Fsp3) is 0.588. The standard InChI is InChI=1S/C17H26N2O3S/c1-19(23(2,21)22)13-17(20)18-16(15-10-6-7-11-15)12-14-8-4-3-5-9-14/h3-5,8-9,15-16H,6-7,10-13H2,1-2H3,(H,18,20)/t16-/m1/s1. The van der Waals surface area contributed by atoms with Crippen molar-refractivity contribution >= 4 is 15.9 Å². The summed E-state index contributed by atoms with van der Waals surface area (Å²) in [6.07, 6.45) is 6.56. The van der Waals surface area contributed by atoms with E-state index in [0.717, 1.165) is 29.8 Å². The lowest BCUT2D eigenvalue weighted by Gasteiger charge is -2.26. The maximum absolute atomic E-state index is 12.2. The van der Waals surface area contributed by atoms with Crippen molar-refractivity contribution in [3.8, 4) is 0 Å². The molecule has 2 rings (SSSR count). The molecule has 1 aromatic rings. The average Bonchev–Trinajstić information content (AvgIpc) is 3.00. The van der Waals surface area contributed by atoms with Crippen LogP contribution in [0.4, 0.5) is 0 Å². The fourth-order valence-electron chi connectivity index (χ4n) is 3.14. The highest BCUT2D eigenvalue weighted by atomic mass is 32.2. The molecule has 128 valence electrons. The van der Waals surface area contributed by atoms with E-state index in [2.05, 4.69) is 17.4 Å². The molecule has 1 amide bonds. The number of nitrogens with zero attached hydrogens (tertiary/aromatic N) is 1. The summed E-state index contributed by atoms with van der Waals surface area (Å²) < 4.78 is 24.0. The van der Waals surface area contributed by atoms with E-state index in [4.69, 9.17) is 0 Å². The fourth-order valence-corrected chi connectivity index (χ4v) is 3.49. The van der Waals surface area contributed by atoms with Gasteiger partial charge in [0.2, 0.25) is 15.9 Å². The Kier molecular flexibility index (Phi) is 6.18. The zero-order valence-electron chi connectivity index (χ0n) is 13.9. The lowest BCUT2D eigenvalue weighted by atomic mass is 9.92. The number of benzene rings is 1. The summed E-state index contributed by atoms with van der Waals surface area (Å²) in [5.74, 6) is 0.244. The summed E-state index contributed by atoms with van der Waals surface area (Å²) in [5.41, 5.74) is 1.20. The van der Waals surface area contributed by atoms with Gasteiger partial charge in [-0.3, -0.25) is 4.79 Å². The molecule has 5 nitrogen and oxygen atoms in total. The van der Waals surface area contributed by atoms with Crippen molar-refractivity contribution in [2.45, 2.75) is 38.1 Å². The van der Waals surface area contributed by atoms with E-state index < -0.39 is 10.0 Å². The minimum Gasteiger partial charge on any atom is -0.352 e. The van der Waals surface area contributed by atoms with Crippen LogP contribution in [-0.2, 0) is 21.2 Å². The van der Waals surface area contributed by atoms with Crippen molar-refractivity contribution in [1.82, 2.24) is 9.62 Å². The Labute approximate surface area is 139 Å². The van der Waals surface area contributed by atoms with Crippen molar-refractivity contribution in [2.24, 2.45) is 5.92 Å². The molecule has 0 bridgehead atoms. The first-order chi connectivity index (χ1) is 10.9. The van der Waals surface area contributed by atoms with Gasteiger partial charge in [0, 0.05) is 13.1 Å². The Hall–Kier alpha value is -1.40. The van der Waals surface area contributed by atoms with Crippen molar-refractivity contribution in [2.75, 3.05) is 19.8 Å². The molecule has 0 unspecified atom stereocenters. The van der Waals surface area contributed by atoms with Gasteiger partial charge in [-0.2, -0.15) is 4.31 Å². The van der Waals surface area contributed by atoms with Gasteiger partial charge < -0.3 is 5.32 Å². The molecule has 0 aliphatic heterocycles. The molecule has 23 heavy (non-hydrogen) atoms. The molecule has 0 radical (unpaired) electrons. The largest absolute Gasteiger partial charge is 0.352 e. The second kappa shape index (κ2) is 7.93. The van der Waals surface area contributed by atoms with Crippen molar-refractivity contribution < 1.29 is 13.2 Å². The first-order valence-electron chi connectivity index (χ1n) is 8.11. The van der Waals surface area contributed by atoms with E-state index >= 15 is 0 Å². The first-order valence-corrected chi connectivity index (χ1v) is 9.95. The maximum atomic E-state index is 12.2. The van der Waals surface area contributed by atoms with Crippen LogP contribution in [0, 0.1) is 5.92 Å². The molecule has 1 saturated carbocycles. The summed E-state index contributed by atoms with van der Waals surface area (Å²) >= 11 is 0. The predicted molar refractivity (Wildman–Crippen MR) is 91.5 cm³/mol. The van der Waals surface area contributed by atoms with Gasteiger partial charge in [-0.05, 0) is 30.7 Å². The summed E-state index contributed by atoms with van der Waals surface area (Å²) in [7, 11) is -1.91. The first kappa shape index (κ1) is 17.9. The highest BCUT2D eigenvalue weighted by molar-refractivity contribution is 7.88. The Bertz CT molecular complexity index is 610. The highest BCUT2D eigenvalue weighted by Crippen LogP contribution is 2.29. The van der Waals surface area contributed by atoms with Crippen molar-refractivity contribution in [3.05, 3.63) is 35.9 Å². The number of rotatable bonds is 7. The minimum absolute atomic E-state index is 0.0698. The summed E-state index contributed by atoms with van der Waals surface area (Å²) in [4.78, 5) is 12.2. The Morgan fingerprint density at radius 3 is 2.43 bits per heavy atom. The SMILES string of the molecule is CN(CC(=O)N[C@H](Cc1ccccc1)C1CCCC1)S(C)(=O)=O. The predicted octanol–water partition coefficient (Wildman–Crippen LogP) is 1.80. The number of nitrogens with one attached hydrogen (secondary N) is 1. The minimum atomic E-state index is -3.34. The second-order valence-electron chi connectivity index (χ2n) is 6.43. The maximum Gasteiger partial charge on any atom is 0.235 e. The molecule has 1 fully saturated rings. The number of sulfonamides is 1. The van der Waals surface area contributed by atoms with Crippen LogP contribution in [-0.4, -0.2) is 44.5 Å². The van der Waals surface area contributed by atoms with Gasteiger partial charge in [0.1, 0.15) is 0 Å². The summed E-state index contributed by atoms with van der Waals surface area (Å²) in [5, 5.41) is 3.07. The van der Waals surface area contributed by atoms with Crippen molar-refractivity contribution in [3.63, 3.8) is 0 Å². The normalized spacial score (nSPS) is 17.3. The van der Waals surface area contributed by atoms with E-state index in [1.165, 1.54) is 25.5 Å². The third-order valence-corrected chi connectivity index (χ3v) is 5.81. The molecule has 0 saturated heterocycles. The number of hydrogen-bond acceptors (Lipinski definition) is 3. The van der Waals surface area contributed by atoms with Crippen LogP contribution in [0.5, 0.6) is 0 Å². The van der Waals surface area contributed by atoms with Gasteiger partial charge >= 0.3 is 0 Å². The molecular formula is C17H26N2O3S. The molecule has 0 heterocycles. The number of carbonyl (C=O) groups excluding carboxylic acids is 1. The third-order valence-electron chi connectivity index (χ3n) is 4.55. The molecule has 1 atom stereocenters. The molecular weight excluding hydrogens is 312 g/mol. The van der Waals surface area contributed by atoms with E-state index in [1.807, 2.05) is 18.2 Å². The molecule has 1 aliphatic carbocycles. The Morgan fingerprint density at radius 2 is 1.87 bits per heavy atom. The number of amides is 1. The van der Waals surface area contributed by atoms with Crippen LogP contribution < -0.4 is 5.32 Å². The van der Waals surface area contributed by atoms with Gasteiger partial charge in [-0.15, -0.1) is 0 Å². The van der Waals surface area contributed by atoms with Gasteiger partial charge in [0.25, 0.3) is 0 Å². The van der Waals surface area contributed by atoms with Crippen molar-refractivity contribution in [1.29, 1.82) is 0 Å². The highest BCUT2D eigenvalue weighted by Gasteiger charge is 2.27. The van der Waals surface area contributed by atoms with Crippen LogP contribution in [0.3, 0.4) is 0 Å². The van der Waals surface area contributed by atoms with Crippen LogP contribution in [0.2, 0.25) is 0 Å². The second-order valence-corrected chi connectivity index (χ2v) is 8.52. The molecule has 1 aromatic carbocycles. The van der Waals surface area contributed by atoms with Crippen LogP contribution in [0.15, 0.2) is 30.3 Å². The lowest BCUT2D eigenvalue weighted by molar-refractivity contribution is -0.122. The molecule has 0 aromatic heterocycles. The van der Waals surface area contributed by atoms with Gasteiger partial charge in [-0.25, -0.2) is 8.42 Å². The molecule has 0 spiro atoms. The molecule has 1 aliphatic rings. The van der Waals surface area contributed by atoms with E-state index in [1.54, 1.807) is 0 Å². The van der Waals surface area contributed by atoms with Crippen LogP contribution in [0.25, 0.3) is 0 Å². The zero-order chi connectivity index (χ0) is 16.9. The van der Waals surface area contributed by atoms with E-state index in [9.17, 15) is 13.2 Å². The molecule has 1 N–H and O–H groups in total. The third kappa shape index (κ3) is 5.62. The topological polar surface area (TPSA) is 66.5 Å². The van der Waals surface area contributed by atoms with Gasteiger partial charge in [0.15, 0.2) is 0 Å². The Morgan fingerprint density at radius 1 is 1.26 bits per heavy atom. The average molecular weight is 338 g/mol. The zero-order valence-corrected chi connectivity index (χ0v) is 14.7. The monoisotopic (exact) mass is 338 g/mol. The smallest absolute Gasteiger partial charge is 0.235 e. The van der Waals surface area contributed by atoms with Crippen LogP contribution in [0.1, 0.15) is 31.2 Å². The number of likely N-dealkylation sites (N-methyl/N-ethyl adjacent to an activating group) is 1. The summed E-state index contributed by atoms with van der Waals surface area (Å²) in [6, 6.07) is 10.2. The quantitative estimate of drug-likeness (QED) is 0.824. The molecule has 6 heteroatoms. The number of hydrogen-bond donors (Lipinski definition) is 1. The van der Waals surface area contributed by atoms with E-state index in [-0.39, 0.29) is 18.5 Å². The summed E-state index contributed by atoms with van der Waals surface area (Å²) in [6.45, 7) is -0.128. The number of carbonyl (C=O) groups is 1. The lowest BCUT2D eigenvalue weighted by Crippen LogP contribution is -2.46. The van der Waals surface area contributed by atoms with E-state index in [0.29, 0.717) is 5.92 Å². The Balaban J connectivity index is 2.01. The van der Waals surface area contributed by atoms with Gasteiger partial charge in [-0.1, -0.05) is 43.2 Å². The van der Waals surface area contributed by atoms with Crippen LogP contribution >= 0.6 is 0 Å². The van der Waals surface area contributed by atoms with Gasteiger partial charge in [0.05, 0.1) is 12.8 Å².